The first-order valence-corrected chi connectivity index (χ1v) is 3.89. The Labute approximate surface area is 77.9 Å². The van der Waals surface area contributed by atoms with Gasteiger partial charge >= 0.3 is 0 Å². The molecule has 2 radical (unpaired) electrons. The van der Waals surface area contributed by atoms with E-state index in [9.17, 15) is 0 Å². The molecule has 3 heteroatoms. The summed E-state index contributed by atoms with van der Waals surface area (Å²) in [6, 6.07) is 5.46. The van der Waals surface area contributed by atoms with E-state index in [1.165, 1.54) is 0 Å². The van der Waals surface area contributed by atoms with Gasteiger partial charge in [-0.05, 0) is 17.7 Å². The van der Waals surface area contributed by atoms with Crippen molar-refractivity contribution in [2.45, 2.75) is 6.42 Å². The third kappa shape index (κ3) is 2.36. The van der Waals surface area contributed by atoms with E-state index in [1.807, 2.05) is 12.1 Å². The summed E-state index contributed by atoms with van der Waals surface area (Å²) in [4.78, 5) is 0. The van der Waals surface area contributed by atoms with Crippen molar-refractivity contribution in [2.75, 3.05) is 14.2 Å². The summed E-state index contributed by atoms with van der Waals surface area (Å²) in [6.07, 6.45) is 0.389. The fraction of sp³-hybridized carbons (Fsp3) is 0.300. The number of methoxy groups -OCH3 is 2. The Morgan fingerprint density at radius 3 is 2.46 bits per heavy atom. The Morgan fingerprint density at radius 2 is 1.92 bits per heavy atom. The molecule has 0 aliphatic heterocycles. The second-order valence-corrected chi connectivity index (χ2v) is 2.52. The van der Waals surface area contributed by atoms with Crippen molar-refractivity contribution in [3.63, 3.8) is 0 Å². The van der Waals surface area contributed by atoms with Gasteiger partial charge in [0.25, 0.3) is 0 Å². The number of benzene rings is 1. The van der Waals surface area contributed by atoms with Gasteiger partial charge in [0.1, 0.15) is 6.61 Å². The van der Waals surface area contributed by atoms with Gasteiger partial charge in [-0.15, -0.1) is 0 Å². The summed E-state index contributed by atoms with van der Waals surface area (Å²) < 4.78 is 10.2. The molecule has 0 spiro atoms. The summed E-state index contributed by atoms with van der Waals surface area (Å²) in [5.74, 6) is 1.35. The first-order valence-electron chi connectivity index (χ1n) is 3.89. The summed E-state index contributed by atoms with van der Waals surface area (Å²) in [5, 5.41) is 8.49. The van der Waals surface area contributed by atoms with Crippen molar-refractivity contribution in [3.05, 3.63) is 30.4 Å². The fourth-order valence-corrected chi connectivity index (χ4v) is 1.08. The van der Waals surface area contributed by atoms with Crippen molar-refractivity contribution in [1.82, 2.24) is 0 Å². The normalized spacial score (nSPS) is 9.77. The van der Waals surface area contributed by atoms with E-state index < -0.39 is 0 Å². The van der Waals surface area contributed by atoms with Crippen LogP contribution in [0.15, 0.2) is 18.2 Å². The molecule has 0 aromatic heterocycles. The van der Waals surface area contributed by atoms with Gasteiger partial charge in [0, 0.05) is 6.42 Å². The topological polar surface area (TPSA) is 38.7 Å². The van der Waals surface area contributed by atoms with Crippen LogP contribution in [0.25, 0.3) is 0 Å². The number of aliphatic hydroxyl groups is 1. The monoisotopic (exact) mass is 180 g/mol. The molecule has 0 aliphatic rings. The minimum Gasteiger partial charge on any atom is -0.493 e. The highest BCUT2D eigenvalue weighted by atomic mass is 16.5. The zero-order chi connectivity index (χ0) is 9.68. The Balaban J connectivity index is 2.91. The Morgan fingerprint density at radius 1 is 1.23 bits per heavy atom. The van der Waals surface area contributed by atoms with Gasteiger partial charge in [0.15, 0.2) is 11.5 Å². The second kappa shape index (κ2) is 4.72. The van der Waals surface area contributed by atoms with Crippen LogP contribution < -0.4 is 9.47 Å². The van der Waals surface area contributed by atoms with Gasteiger partial charge in [0.05, 0.1) is 14.2 Å². The molecule has 0 atom stereocenters. The molecule has 0 fully saturated rings. The maximum absolute atomic E-state index is 8.49. The van der Waals surface area contributed by atoms with Gasteiger partial charge in [-0.1, -0.05) is 6.07 Å². The molecular weight excluding hydrogens is 168 g/mol. The molecule has 0 aliphatic carbocycles. The molecule has 70 valence electrons. The zero-order valence-corrected chi connectivity index (χ0v) is 7.70. The van der Waals surface area contributed by atoms with Crippen molar-refractivity contribution >= 4 is 0 Å². The second-order valence-electron chi connectivity index (χ2n) is 2.52. The van der Waals surface area contributed by atoms with Gasteiger partial charge < -0.3 is 14.6 Å². The van der Waals surface area contributed by atoms with Gasteiger partial charge in [-0.3, -0.25) is 0 Å². The lowest BCUT2D eigenvalue weighted by molar-refractivity contribution is 0.353. The Bertz CT molecular complexity index is 271. The van der Waals surface area contributed by atoms with E-state index in [2.05, 4.69) is 6.61 Å². The predicted molar refractivity (Wildman–Crippen MR) is 48.4 cm³/mol. The number of ether oxygens (including phenoxy) is 2. The number of rotatable bonds is 4. The van der Waals surface area contributed by atoms with Crippen LogP contribution in [0.1, 0.15) is 5.56 Å². The lowest BCUT2D eigenvalue weighted by Gasteiger charge is -2.08. The van der Waals surface area contributed by atoms with E-state index in [1.54, 1.807) is 20.3 Å². The summed E-state index contributed by atoms with van der Waals surface area (Å²) in [5.41, 5.74) is 0.931. The van der Waals surface area contributed by atoms with Crippen LogP contribution in [0.5, 0.6) is 11.5 Å². The Hall–Kier alpha value is -1.22. The highest BCUT2D eigenvalue weighted by Gasteiger charge is 2.03. The van der Waals surface area contributed by atoms with Crippen LogP contribution in [-0.4, -0.2) is 19.3 Å². The first-order chi connectivity index (χ1) is 6.31. The van der Waals surface area contributed by atoms with E-state index >= 15 is 0 Å². The van der Waals surface area contributed by atoms with Crippen molar-refractivity contribution in [3.8, 4) is 11.5 Å². The maximum Gasteiger partial charge on any atom is 0.160 e. The van der Waals surface area contributed by atoms with E-state index in [4.69, 9.17) is 14.6 Å². The van der Waals surface area contributed by atoms with Crippen LogP contribution in [0, 0.1) is 6.61 Å². The minimum atomic E-state index is 0.389. The summed E-state index contributed by atoms with van der Waals surface area (Å²) >= 11 is 0. The fourth-order valence-electron chi connectivity index (χ4n) is 1.08. The molecule has 0 amide bonds. The first kappa shape index (κ1) is 9.86. The molecular formula is C10H12O3. The molecule has 1 rings (SSSR count). The molecule has 0 unspecified atom stereocenters. The highest BCUT2D eigenvalue weighted by molar-refractivity contribution is 5.43. The SMILES string of the molecule is COc1ccc(C[C]O)cc1OC. The van der Waals surface area contributed by atoms with E-state index in [0.717, 1.165) is 5.56 Å². The average Bonchev–Trinajstić information content (AvgIpc) is 2.18. The van der Waals surface area contributed by atoms with Gasteiger partial charge in [-0.25, -0.2) is 0 Å². The van der Waals surface area contributed by atoms with Crippen LogP contribution in [0.4, 0.5) is 0 Å². The quantitative estimate of drug-likeness (QED) is 0.765. The number of hydrogen-bond acceptors (Lipinski definition) is 3. The van der Waals surface area contributed by atoms with Crippen LogP contribution >= 0.6 is 0 Å². The molecule has 0 saturated heterocycles. The lowest BCUT2D eigenvalue weighted by atomic mass is 10.1. The third-order valence-corrected chi connectivity index (χ3v) is 1.73. The smallest absolute Gasteiger partial charge is 0.160 e. The molecule has 1 N–H and O–H groups in total. The number of hydrogen-bond donors (Lipinski definition) is 1. The maximum atomic E-state index is 8.49. The standard InChI is InChI=1S/C10H12O3/c1-12-9-4-3-8(5-6-11)7-10(9)13-2/h3-4,7,11H,5H2,1-2H3. The van der Waals surface area contributed by atoms with Gasteiger partial charge in [0.2, 0.25) is 0 Å². The predicted octanol–water partition coefficient (Wildman–Crippen LogP) is 1.66. The number of aliphatic hydroxyl groups excluding tert-OH is 1. The van der Waals surface area contributed by atoms with Crippen molar-refractivity contribution < 1.29 is 14.6 Å². The average molecular weight is 180 g/mol. The lowest BCUT2D eigenvalue weighted by Crippen LogP contribution is -1.92. The van der Waals surface area contributed by atoms with Crippen molar-refractivity contribution in [2.24, 2.45) is 0 Å². The van der Waals surface area contributed by atoms with E-state index in [0.29, 0.717) is 17.9 Å². The van der Waals surface area contributed by atoms with Gasteiger partial charge in [-0.2, -0.15) is 0 Å². The molecule has 3 nitrogen and oxygen atoms in total. The largest absolute Gasteiger partial charge is 0.493 e. The molecule has 0 heterocycles. The highest BCUT2D eigenvalue weighted by Crippen LogP contribution is 2.27. The Kier molecular flexibility index (Phi) is 3.58. The van der Waals surface area contributed by atoms with Crippen LogP contribution in [-0.2, 0) is 6.42 Å². The summed E-state index contributed by atoms with van der Waals surface area (Å²) in [6.45, 7) is 2.08. The molecule has 0 bridgehead atoms. The minimum absolute atomic E-state index is 0.389. The zero-order valence-electron chi connectivity index (χ0n) is 7.70. The summed E-state index contributed by atoms with van der Waals surface area (Å²) in [7, 11) is 3.16. The van der Waals surface area contributed by atoms with Crippen LogP contribution in [0.2, 0.25) is 0 Å². The molecule has 0 saturated carbocycles. The molecule has 1 aromatic carbocycles. The third-order valence-electron chi connectivity index (χ3n) is 1.73. The van der Waals surface area contributed by atoms with Crippen LogP contribution in [0.3, 0.4) is 0 Å². The van der Waals surface area contributed by atoms with E-state index in [-0.39, 0.29) is 0 Å². The molecule has 1 aromatic rings. The molecule has 13 heavy (non-hydrogen) atoms. The van der Waals surface area contributed by atoms with Crippen molar-refractivity contribution in [1.29, 1.82) is 0 Å².